The fourth-order valence-electron chi connectivity index (χ4n) is 6.76. The van der Waals surface area contributed by atoms with Crippen LogP contribution in [0.2, 0.25) is 10.0 Å². The minimum Gasteiger partial charge on any atom is -0.395 e. The van der Waals surface area contributed by atoms with Crippen molar-refractivity contribution in [2.75, 3.05) is 59.0 Å². The summed E-state index contributed by atoms with van der Waals surface area (Å²) in [6.45, 7) is 7.00. The topological polar surface area (TPSA) is 120 Å². The molecule has 3 N–H and O–H groups in total. The van der Waals surface area contributed by atoms with Gasteiger partial charge < -0.3 is 25.3 Å². The summed E-state index contributed by atoms with van der Waals surface area (Å²) in [6, 6.07) is 8.95. The van der Waals surface area contributed by atoms with Gasteiger partial charge in [0.05, 0.1) is 36.9 Å². The molecule has 0 bridgehead atoms. The molecule has 0 aliphatic carbocycles. The van der Waals surface area contributed by atoms with Crippen molar-refractivity contribution in [3.05, 3.63) is 69.2 Å². The summed E-state index contributed by atoms with van der Waals surface area (Å²) in [5.41, 5.74) is -2.04. The fraction of sp³-hybridized carbons (Fsp3) is 0.545. The van der Waals surface area contributed by atoms with Crippen LogP contribution in [-0.2, 0) is 15.0 Å². The summed E-state index contributed by atoms with van der Waals surface area (Å²) in [5, 5.41) is 32.9. The third-order valence-corrected chi connectivity index (χ3v) is 9.38. The smallest absolute Gasteiger partial charge is 0.240 e. The number of piperazine rings is 1. The number of carbonyl (C=O) groups excluding carboxylic acids is 2. The Balaban J connectivity index is 1.72. The highest BCUT2D eigenvalue weighted by Crippen LogP contribution is 2.53. The summed E-state index contributed by atoms with van der Waals surface area (Å²) >= 11 is 12.3. The van der Waals surface area contributed by atoms with Crippen molar-refractivity contribution >= 4 is 35.0 Å². The van der Waals surface area contributed by atoms with Gasteiger partial charge in [-0.2, -0.15) is 5.26 Å². The van der Waals surface area contributed by atoms with E-state index in [1.165, 1.54) is 29.2 Å². The quantitative estimate of drug-likeness (QED) is 0.351. The van der Waals surface area contributed by atoms with Gasteiger partial charge in [0.15, 0.2) is 0 Å². The van der Waals surface area contributed by atoms with Crippen LogP contribution in [0.1, 0.15) is 44.2 Å². The molecule has 0 radical (unpaired) electrons. The Kier molecular flexibility index (Phi) is 11.7. The van der Waals surface area contributed by atoms with Gasteiger partial charge >= 0.3 is 0 Å². The Morgan fingerprint density at radius 3 is 2.30 bits per heavy atom. The lowest BCUT2D eigenvalue weighted by Crippen LogP contribution is -2.56. The van der Waals surface area contributed by atoms with Gasteiger partial charge in [0.25, 0.3) is 0 Å². The lowest BCUT2D eigenvalue weighted by Gasteiger charge is -2.39. The minimum atomic E-state index is -1.72. The molecule has 2 heterocycles. The number of aliphatic hydroxyl groups excluding tert-OH is 2. The van der Waals surface area contributed by atoms with Crippen molar-refractivity contribution in [1.82, 2.24) is 20.0 Å². The predicted octanol–water partition coefficient (Wildman–Crippen LogP) is 3.55. The van der Waals surface area contributed by atoms with Crippen molar-refractivity contribution in [2.45, 2.75) is 50.6 Å². The fourth-order valence-corrected chi connectivity index (χ4v) is 7.10. The first kappa shape index (κ1) is 36.0. The van der Waals surface area contributed by atoms with Gasteiger partial charge in [0.2, 0.25) is 11.8 Å². The van der Waals surface area contributed by atoms with Crippen LogP contribution >= 0.6 is 23.2 Å². The second-order valence-electron chi connectivity index (χ2n) is 13.1. The number of nitrogens with one attached hydrogen (secondary N) is 1. The van der Waals surface area contributed by atoms with Gasteiger partial charge in [0.1, 0.15) is 17.0 Å². The molecule has 2 aliphatic heterocycles. The molecule has 2 aromatic carbocycles. The largest absolute Gasteiger partial charge is 0.395 e. The van der Waals surface area contributed by atoms with Crippen LogP contribution in [-0.4, -0.2) is 108 Å². The molecular weight excluding hydrogens is 639 g/mol. The van der Waals surface area contributed by atoms with E-state index in [0.717, 1.165) is 6.07 Å². The molecule has 13 heteroatoms. The molecule has 2 unspecified atom stereocenters. The zero-order valence-corrected chi connectivity index (χ0v) is 27.8. The first-order valence-electron chi connectivity index (χ1n) is 15.3. The van der Waals surface area contributed by atoms with Crippen molar-refractivity contribution in [1.29, 1.82) is 5.26 Å². The highest BCUT2D eigenvalue weighted by molar-refractivity contribution is 6.31. The standard InChI is InChI=1S/C33H41Cl2F2N5O4/c1-32(2,3)18-26-33(20-38,23-8-7-21(34)17-25(23)36)28(22-5-4-6-24(35)29(22)37)30(39-26)31(46)42-11-9-40(10-12-42)19-27(45)41(13-15-43)14-16-44/h4-8,17,26,28,30,39,43-44H,9-16,18-19H2,1-3H3/t26?,28?,30-,33+/m1/s1. The van der Waals surface area contributed by atoms with E-state index in [9.17, 15) is 25.1 Å². The maximum atomic E-state index is 15.9. The predicted molar refractivity (Wildman–Crippen MR) is 171 cm³/mol. The number of aliphatic hydroxyl groups is 2. The second-order valence-corrected chi connectivity index (χ2v) is 14.0. The maximum Gasteiger partial charge on any atom is 0.240 e. The molecule has 46 heavy (non-hydrogen) atoms. The lowest BCUT2D eigenvalue weighted by molar-refractivity contribution is -0.137. The number of nitrogens with zero attached hydrogens (tertiary/aromatic N) is 4. The summed E-state index contributed by atoms with van der Waals surface area (Å²) in [4.78, 5) is 32.1. The Bertz CT molecular complexity index is 1450. The first-order chi connectivity index (χ1) is 21.8. The van der Waals surface area contributed by atoms with Crippen LogP contribution in [0.15, 0.2) is 36.4 Å². The average Bonchev–Trinajstić information content (AvgIpc) is 3.31. The number of hydrogen-bond acceptors (Lipinski definition) is 7. The van der Waals surface area contributed by atoms with E-state index in [1.54, 1.807) is 11.0 Å². The van der Waals surface area contributed by atoms with Crippen LogP contribution in [0.4, 0.5) is 8.78 Å². The van der Waals surface area contributed by atoms with E-state index >= 15 is 8.78 Å². The van der Waals surface area contributed by atoms with E-state index in [2.05, 4.69) is 11.4 Å². The summed E-state index contributed by atoms with van der Waals surface area (Å²) in [5.74, 6) is -3.28. The molecular formula is C33H41Cl2F2N5O4. The molecule has 2 aromatic rings. The van der Waals surface area contributed by atoms with E-state index < -0.39 is 35.1 Å². The molecule has 0 aromatic heterocycles. The molecule has 250 valence electrons. The molecule has 2 fully saturated rings. The zero-order valence-electron chi connectivity index (χ0n) is 26.3. The number of benzene rings is 2. The van der Waals surface area contributed by atoms with Gasteiger partial charge in [-0.15, -0.1) is 0 Å². The van der Waals surface area contributed by atoms with Crippen molar-refractivity contribution in [3.8, 4) is 6.07 Å². The van der Waals surface area contributed by atoms with Crippen LogP contribution in [0.25, 0.3) is 0 Å². The molecule has 4 rings (SSSR count). The van der Waals surface area contributed by atoms with Crippen molar-refractivity contribution in [3.63, 3.8) is 0 Å². The maximum absolute atomic E-state index is 15.9. The van der Waals surface area contributed by atoms with Gasteiger partial charge in [-0.25, -0.2) is 8.78 Å². The van der Waals surface area contributed by atoms with E-state index in [0.29, 0.717) is 19.5 Å². The number of halogens is 4. The first-order valence-corrected chi connectivity index (χ1v) is 16.1. The van der Waals surface area contributed by atoms with Crippen LogP contribution in [0, 0.1) is 28.4 Å². The number of amides is 2. The molecule has 2 aliphatic rings. The van der Waals surface area contributed by atoms with E-state index in [-0.39, 0.29) is 84.3 Å². The number of nitriles is 1. The Morgan fingerprint density at radius 2 is 1.74 bits per heavy atom. The van der Waals surface area contributed by atoms with E-state index in [1.807, 2.05) is 25.7 Å². The molecule has 2 saturated heterocycles. The zero-order chi connectivity index (χ0) is 33.8. The molecule has 0 saturated carbocycles. The van der Waals surface area contributed by atoms with Crippen LogP contribution in [0.5, 0.6) is 0 Å². The second kappa shape index (κ2) is 14.9. The third-order valence-electron chi connectivity index (χ3n) is 8.85. The number of carbonyl (C=O) groups is 2. The number of rotatable bonds is 10. The summed E-state index contributed by atoms with van der Waals surface area (Å²) < 4.78 is 31.8. The minimum absolute atomic E-state index is 0.0134. The molecule has 9 nitrogen and oxygen atoms in total. The van der Waals surface area contributed by atoms with Gasteiger partial charge in [-0.1, -0.05) is 62.2 Å². The number of hydrogen-bond donors (Lipinski definition) is 3. The monoisotopic (exact) mass is 679 g/mol. The normalized spacial score (nSPS) is 23.7. The molecule has 4 atom stereocenters. The highest BCUT2D eigenvalue weighted by Gasteiger charge is 2.61. The SMILES string of the molecule is CC(C)(C)CC1N[C@@H](C(=O)N2CCN(CC(=O)N(CCO)CCO)CC2)C(c2cccc(Cl)c2F)[C@@]1(C#N)c1ccc(Cl)cc1F. The Labute approximate surface area is 278 Å². The van der Waals surface area contributed by atoms with E-state index in [4.69, 9.17) is 23.2 Å². The molecule has 0 spiro atoms. The Morgan fingerprint density at radius 1 is 1.09 bits per heavy atom. The summed E-state index contributed by atoms with van der Waals surface area (Å²) in [6.07, 6.45) is 0.360. The van der Waals surface area contributed by atoms with Crippen LogP contribution in [0.3, 0.4) is 0 Å². The molecule has 2 amide bonds. The van der Waals surface area contributed by atoms with Crippen molar-refractivity contribution < 1.29 is 28.6 Å². The average molecular weight is 681 g/mol. The third kappa shape index (κ3) is 7.48. The van der Waals surface area contributed by atoms with Crippen LogP contribution < -0.4 is 5.32 Å². The lowest BCUT2D eigenvalue weighted by atomic mass is 9.62. The van der Waals surface area contributed by atoms with Gasteiger partial charge in [0, 0.05) is 61.8 Å². The Hall–Kier alpha value is -2.85. The van der Waals surface area contributed by atoms with Crippen molar-refractivity contribution in [2.24, 2.45) is 5.41 Å². The van der Waals surface area contributed by atoms with Gasteiger partial charge in [-0.3, -0.25) is 14.5 Å². The summed E-state index contributed by atoms with van der Waals surface area (Å²) in [7, 11) is 0. The highest BCUT2D eigenvalue weighted by atomic mass is 35.5. The van der Waals surface area contributed by atoms with Gasteiger partial charge in [-0.05, 0) is 35.6 Å².